The number of nitrogens with one attached hydrogen (secondary N) is 2. The van der Waals surface area contributed by atoms with Gasteiger partial charge in [0.25, 0.3) is 0 Å². The highest BCUT2D eigenvalue weighted by atomic mass is 32.1. The predicted octanol–water partition coefficient (Wildman–Crippen LogP) is -0.644. The average Bonchev–Trinajstić information content (AvgIpc) is 2.88. The van der Waals surface area contributed by atoms with Crippen LogP contribution in [0.15, 0.2) is 0 Å². The lowest BCUT2D eigenvalue weighted by Gasteiger charge is -2.27. The minimum atomic E-state index is -0.723. The van der Waals surface area contributed by atoms with Crippen LogP contribution in [0, 0.1) is 0 Å². The summed E-state index contributed by atoms with van der Waals surface area (Å²) in [6.07, 6.45) is 2.30. The van der Waals surface area contributed by atoms with E-state index in [0.29, 0.717) is 11.2 Å². The first-order valence-electron chi connectivity index (χ1n) is 4.40. The summed E-state index contributed by atoms with van der Waals surface area (Å²) in [4.78, 5) is 0. The third kappa shape index (κ3) is 3.46. The Labute approximate surface area is 83.3 Å². The summed E-state index contributed by atoms with van der Waals surface area (Å²) in [5.74, 6) is 0. The first-order chi connectivity index (χ1) is 6.09. The molecule has 13 heavy (non-hydrogen) atoms. The molecule has 4 N–H and O–H groups in total. The van der Waals surface area contributed by atoms with Crippen LogP contribution in [0.25, 0.3) is 0 Å². The Hall–Kier alpha value is -0.390. The summed E-state index contributed by atoms with van der Waals surface area (Å²) in [7, 11) is 0. The highest BCUT2D eigenvalue weighted by Gasteiger charge is 2.26. The van der Waals surface area contributed by atoms with E-state index in [1.54, 1.807) is 6.92 Å². The third-order valence-corrected chi connectivity index (χ3v) is 2.25. The number of thiocarbonyl (C=S) groups is 1. The lowest BCUT2D eigenvalue weighted by molar-refractivity contribution is 0.119. The van der Waals surface area contributed by atoms with Crippen LogP contribution in [-0.2, 0) is 0 Å². The third-order valence-electron chi connectivity index (χ3n) is 2.03. The molecule has 0 aromatic heterocycles. The van der Waals surface area contributed by atoms with Crippen molar-refractivity contribution >= 4 is 17.3 Å². The summed E-state index contributed by atoms with van der Waals surface area (Å²) in [6, 6.07) is 0.488. The summed E-state index contributed by atoms with van der Waals surface area (Å²) in [5, 5.41) is 24.4. The molecule has 4 nitrogen and oxygen atoms in total. The fourth-order valence-electron chi connectivity index (χ4n) is 0.852. The average molecular weight is 204 g/mol. The molecule has 1 aliphatic carbocycles. The van der Waals surface area contributed by atoms with E-state index >= 15 is 0 Å². The number of aliphatic hydroxyl groups is 2. The van der Waals surface area contributed by atoms with E-state index in [-0.39, 0.29) is 13.2 Å². The van der Waals surface area contributed by atoms with Crippen LogP contribution in [0.1, 0.15) is 19.8 Å². The zero-order valence-electron chi connectivity index (χ0n) is 7.71. The predicted molar refractivity (Wildman–Crippen MR) is 54.5 cm³/mol. The molecule has 0 saturated heterocycles. The molecule has 1 aliphatic rings. The van der Waals surface area contributed by atoms with Gasteiger partial charge in [0.15, 0.2) is 5.11 Å². The molecule has 0 spiro atoms. The molecular weight excluding hydrogens is 188 g/mol. The Bertz CT molecular complexity index is 191. The molecule has 1 saturated carbocycles. The van der Waals surface area contributed by atoms with Crippen molar-refractivity contribution in [2.24, 2.45) is 0 Å². The van der Waals surface area contributed by atoms with E-state index in [4.69, 9.17) is 22.4 Å². The lowest BCUT2D eigenvalue weighted by Crippen LogP contribution is -2.55. The summed E-state index contributed by atoms with van der Waals surface area (Å²) >= 11 is 5.01. The maximum Gasteiger partial charge on any atom is 0.167 e. The van der Waals surface area contributed by atoms with Crippen LogP contribution in [-0.4, -0.2) is 40.1 Å². The Morgan fingerprint density at radius 3 is 2.38 bits per heavy atom. The van der Waals surface area contributed by atoms with Crippen molar-refractivity contribution < 1.29 is 10.2 Å². The molecule has 1 rings (SSSR count). The number of rotatable bonds is 4. The molecule has 0 amide bonds. The van der Waals surface area contributed by atoms with E-state index < -0.39 is 5.54 Å². The molecule has 0 radical (unpaired) electrons. The van der Waals surface area contributed by atoms with Crippen molar-refractivity contribution in [3.05, 3.63) is 0 Å². The summed E-state index contributed by atoms with van der Waals surface area (Å²) in [6.45, 7) is 1.43. The second-order valence-corrected chi connectivity index (χ2v) is 4.16. The minimum Gasteiger partial charge on any atom is -0.394 e. The van der Waals surface area contributed by atoms with Gasteiger partial charge in [0.1, 0.15) is 0 Å². The summed E-state index contributed by atoms with van der Waals surface area (Å²) < 4.78 is 0. The van der Waals surface area contributed by atoms with Gasteiger partial charge in [-0.15, -0.1) is 0 Å². The smallest absolute Gasteiger partial charge is 0.167 e. The van der Waals surface area contributed by atoms with Gasteiger partial charge >= 0.3 is 0 Å². The van der Waals surface area contributed by atoms with Gasteiger partial charge in [0.05, 0.1) is 18.8 Å². The van der Waals surface area contributed by atoms with Crippen molar-refractivity contribution in [2.45, 2.75) is 31.3 Å². The van der Waals surface area contributed by atoms with Gasteiger partial charge in [-0.2, -0.15) is 0 Å². The SMILES string of the molecule is CC(CO)(CO)NC(=S)NC1CC1. The molecule has 0 aromatic rings. The van der Waals surface area contributed by atoms with Gasteiger partial charge in [-0.25, -0.2) is 0 Å². The monoisotopic (exact) mass is 204 g/mol. The maximum absolute atomic E-state index is 8.97. The zero-order valence-corrected chi connectivity index (χ0v) is 8.52. The van der Waals surface area contributed by atoms with Crippen LogP contribution in [0.4, 0.5) is 0 Å². The molecule has 0 aliphatic heterocycles. The largest absolute Gasteiger partial charge is 0.394 e. The first-order valence-corrected chi connectivity index (χ1v) is 4.81. The second kappa shape index (κ2) is 4.21. The van der Waals surface area contributed by atoms with E-state index in [1.165, 1.54) is 0 Å². The van der Waals surface area contributed by atoms with Crippen molar-refractivity contribution in [1.82, 2.24) is 10.6 Å². The van der Waals surface area contributed by atoms with Gasteiger partial charge in [0.2, 0.25) is 0 Å². The van der Waals surface area contributed by atoms with Crippen LogP contribution in [0.5, 0.6) is 0 Å². The first kappa shape index (κ1) is 10.7. The van der Waals surface area contributed by atoms with Gasteiger partial charge in [-0.05, 0) is 32.0 Å². The van der Waals surface area contributed by atoms with Gasteiger partial charge in [-0.1, -0.05) is 0 Å². The van der Waals surface area contributed by atoms with Crippen LogP contribution >= 0.6 is 12.2 Å². The van der Waals surface area contributed by atoms with Crippen LogP contribution < -0.4 is 10.6 Å². The quantitative estimate of drug-likeness (QED) is 0.459. The normalized spacial score (nSPS) is 16.8. The topological polar surface area (TPSA) is 64.5 Å². The highest BCUT2D eigenvalue weighted by Crippen LogP contribution is 2.18. The van der Waals surface area contributed by atoms with Crippen LogP contribution in [0.3, 0.4) is 0 Å². The van der Waals surface area contributed by atoms with Crippen molar-refractivity contribution in [2.75, 3.05) is 13.2 Å². The minimum absolute atomic E-state index is 0.143. The van der Waals surface area contributed by atoms with Crippen molar-refractivity contribution in [3.8, 4) is 0 Å². The van der Waals surface area contributed by atoms with E-state index in [0.717, 1.165) is 12.8 Å². The molecule has 76 valence electrons. The second-order valence-electron chi connectivity index (χ2n) is 3.75. The molecule has 0 heterocycles. The van der Waals surface area contributed by atoms with Crippen LogP contribution in [0.2, 0.25) is 0 Å². The Morgan fingerprint density at radius 1 is 1.46 bits per heavy atom. The number of hydrogen-bond donors (Lipinski definition) is 4. The number of aliphatic hydroxyl groups excluding tert-OH is 2. The fraction of sp³-hybridized carbons (Fsp3) is 0.875. The molecule has 0 bridgehead atoms. The zero-order chi connectivity index (χ0) is 9.90. The molecule has 0 aromatic carbocycles. The van der Waals surface area contributed by atoms with E-state index in [9.17, 15) is 0 Å². The standard InChI is InChI=1S/C8H16N2O2S/c1-8(4-11,5-12)10-7(13)9-6-2-3-6/h6,11-12H,2-5H2,1H3,(H2,9,10,13). The molecule has 0 atom stereocenters. The molecule has 5 heteroatoms. The fourth-order valence-corrected chi connectivity index (χ4v) is 1.27. The lowest BCUT2D eigenvalue weighted by atomic mass is 10.1. The summed E-state index contributed by atoms with van der Waals surface area (Å²) in [5.41, 5.74) is -0.723. The van der Waals surface area contributed by atoms with Crippen molar-refractivity contribution in [3.63, 3.8) is 0 Å². The molecule has 1 fully saturated rings. The Morgan fingerprint density at radius 2 is 2.00 bits per heavy atom. The maximum atomic E-state index is 8.97. The van der Waals surface area contributed by atoms with Gasteiger partial charge < -0.3 is 20.8 Å². The van der Waals surface area contributed by atoms with E-state index in [2.05, 4.69) is 10.6 Å². The number of hydrogen-bond acceptors (Lipinski definition) is 3. The highest BCUT2D eigenvalue weighted by molar-refractivity contribution is 7.80. The van der Waals surface area contributed by atoms with Gasteiger partial charge in [0, 0.05) is 6.04 Å². The molecular formula is C8H16N2O2S. The Kier molecular flexibility index (Phi) is 3.47. The van der Waals surface area contributed by atoms with Gasteiger partial charge in [-0.3, -0.25) is 0 Å². The Balaban J connectivity index is 2.31. The molecule has 0 unspecified atom stereocenters. The van der Waals surface area contributed by atoms with Crippen molar-refractivity contribution in [1.29, 1.82) is 0 Å². The van der Waals surface area contributed by atoms with E-state index in [1.807, 2.05) is 0 Å².